The quantitative estimate of drug-likeness (QED) is 0.0363. The van der Waals surface area contributed by atoms with Gasteiger partial charge in [0, 0.05) is 46.1 Å². The third-order valence-corrected chi connectivity index (χ3v) is 29.0. The van der Waals surface area contributed by atoms with Crippen molar-refractivity contribution in [1.29, 1.82) is 15.8 Å². The molecule has 0 atom stereocenters. The minimum absolute atomic E-state index is 0. The highest BCUT2D eigenvalue weighted by molar-refractivity contribution is 7.94. The number of halogens is 8. The standard InChI is InChI=1S/C27H23F4NO4S2.C25H16F4N2O3S2.C17H12N2O3S2.C15H10N2O2S2.4CH4.CH3/c1-16(33)18-9-11-19(12-10-18)38(35,36)32(15-17-8-13-22(28)21(14-17)27(29,30)31)25-24(26(2,3)34)20-6-4-5-7-23(20)37-25;1-15(32)23-19-4-2-3-5-22(19)35-24(23)31(36(33,34)18-9-6-16(13-30)7-10-18)14-17-8-11-21(26)20(12-17)25(27,28)29;1-11(20)16-14-4-2-3-5-15(14)23-17(16)19-24(21,22)13-8-6-12(10-18)7-9-13;16-10-11-5-7-13(8-6-11)21(18,19)17-15-9-12-3-1-2-4-14(12)20-15;;;;;/h4-14,34H,15H2,1-3H3;2-12H,14H2,1H3;2-9,19H,1H3;1-9,17H;4*1H4;1H3/q;;;;;;;;-1. The Morgan fingerprint density at radius 3 is 1.18 bits per heavy atom. The van der Waals surface area contributed by atoms with Crippen LogP contribution in [0.25, 0.3) is 40.3 Å². The Labute approximate surface area is 729 Å². The van der Waals surface area contributed by atoms with E-state index < -0.39 is 99.7 Å². The highest BCUT2D eigenvalue weighted by Crippen LogP contribution is 2.48. The SMILES string of the molecule is C.C.C.C.CC(=O)c1c(N(Cc2ccc(F)c(C(F)(F)F)c2)S(=O)(=O)c2ccc(C#N)cc2)sc2ccccc12.CC(=O)c1c(NS(=O)(=O)c2ccc(C#N)cc2)sc2ccccc12.CC(=O)c1ccc(S(=O)(=O)N(Cc2ccc(F)c(C(F)(F)F)c2)c2sc3ccccc3c2C(C)(C)O)cc1.N#Cc1ccc(S(=O)(=O)Nc2cc3ccccc3s2)cc1.[CH3-]. The maximum atomic E-state index is 14.0. The van der Waals surface area contributed by atoms with Gasteiger partial charge in [0.2, 0.25) is 0 Å². The van der Waals surface area contributed by atoms with E-state index in [2.05, 4.69) is 9.44 Å². The topological polar surface area (TPSA) is 310 Å². The van der Waals surface area contributed by atoms with Crippen LogP contribution in [0.3, 0.4) is 0 Å². The van der Waals surface area contributed by atoms with E-state index >= 15 is 0 Å². The third kappa shape index (κ3) is 22.7. The number of benzene rings is 10. The molecule has 0 fully saturated rings. The number of hydrogen-bond acceptors (Lipinski definition) is 19. The van der Waals surface area contributed by atoms with Crippen molar-refractivity contribution in [2.75, 3.05) is 18.1 Å². The van der Waals surface area contributed by atoms with Crippen molar-refractivity contribution in [1.82, 2.24) is 0 Å². The number of rotatable bonds is 20. The number of aliphatic hydroxyl groups is 1. The third-order valence-electron chi connectivity index (χ3n) is 17.7. The molecule has 124 heavy (non-hydrogen) atoms. The summed E-state index contributed by atoms with van der Waals surface area (Å²) >= 11 is 4.66. The van der Waals surface area contributed by atoms with E-state index in [9.17, 15) is 88.3 Å². The Morgan fingerprint density at radius 1 is 0.419 bits per heavy atom. The number of anilines is 4. The fraction of sp³-hybridized carbons (Fsp3) is 0.157. The van der Waals surface area contributed by atoms with E-state index in [0.29, 0.717) is 71.1 Å². The van der Waals surface area contributed by atoms with Crippen LogP contribution in [0.5, 0.6) is 0 Å². The van der Waals surface area contributed by atoms with Crippen LogP contribution in [0.15, 0.2) is 256 Å². The van der Waals surface area contributed by atoms with E-state index in [1.807, 2.05) is 54.6 Å². The van der Waals surface area contributed by atoms with Gasteiger partial charge in [0.15, 0.2) is 17.3 Å². The molecule has 14 aromatic rings. The van der Waals surface area contributed by atoms with Gasteiger partial charge in [-0.25, -0.2) is 42.5 Å². The molecule has 0 radical (unpaired) electrons. The average Bonchev–Trinajstić information content (AvgIpc) is 1.58. The number of nitrogens with one attached hydrogen (secondary N) is 2. The Bertz CT molecular complexity index is 6860. The number of sulfonamides is 4. The van der Waals surface area contributed by atoms with Gasteiger partial charge in [-0.3, -0.25) is 32.4 Å². The first kappa shape index (κ1) is 101. The van der Waals surface area contributed by atoms with Gasteiger partial charge in [-0.2, -0.15) is 42.1 Å². The van der Waals surface area contributed by atoms with Crippen molar-refractivity contribution in [3.8, 4) is 18.2 Å². The number of nitriles is 3. The summed E-state index contributed by atoms with van der Waals surface area (Å²) < 4.78 is 223. The van der Waals surface area contributed by atoms with Crippen LogP contribution in [-0.2, 0) is 71.1 Å². The maximum Gasteiger partial charge on any atom is 0.419 e. The first-order valence-electron chi connectivity index (χ1n) is 34.8. The van der Waals surface area contributed by atoms with Crippen molar-refractivity contribution in [3.63, 3.8) is 0 Å². The number of carbonyl (C=O) groups excluding carboxylic acids is 3. The Kier molecular flexibility index (Phi) is 32.9. The second kappa shape index (κ2) is 40.5. The molecule has 0 spiro atoms. The Hall–Kier alpha value is -12.1. The number of nitrogens with zero attached hydrogens (tertiary/aromatic N) is 5. The largest absolute Gasteiger partial charge is 0.419 e. The zero-order chi connectivity index (χ0) is 86.5. The van der Waals surface area contributed by atoms with Crippen molar-refractivity contribution in [3.05, 3.63) is 317 Å². The molecule has 0 aliphatic carbocycles. The first-order valence-corrected chi connectivity index (χ1v) is 43.9. The summed E-state index contributed by atoms with van der Waals surface area (Å²) in [5.74, 6) is -3.87. The van der Waals surface area contributed by atoms with E-state index in [4.69, 9.17) is 15.8 Å². The van der Waals surface area contributed by atoms with E-state index in [1.54, 1.807) is 66.7 Å². The fourth-order valence-electron chi connectivity index (χ4n) is 12.1. The number of Topliss-reactive ketones (excluding diaryl/α,β-unsaturated/α-hetero) is 3. The van der Waals surface area contributed by atoms with Crippen molar-refractivity contribution in [2.45, 2.75) is 115 Å². The van der Waals surface area contributed by atoms with E-state index in [1.165, 1.54) is 154 Å². The number of thiophene rings is 4. The Balaban J connectivity index is 0.000000259. The molecule has 0 saturated heterocycles. The van der Waals surface area contributed by atoms with Gasteiger partial charge < -0.3 is 12.5 Å². The van der Waals surface area contributed by atoms with Crippen LogP contribution >= 0.6 is 45.3 Å². The smallest absolute Gasteiger partial charge is 0.386 e. The molecule has 0 unspecified atom stereocenters. The molecular weight excluding hydrogens is 1770 g/mol. The summed E-state index contributed by atoms with van der Waals surface area (Å²) in [6.45, 7) is 5.80. The molecule has 14 rings (SSSR count). The lowest BCUT2D eigenvalue weighted by atomic mass is 9.96. The predicted octanol–water partition coefficient (Wildman–Crippen LogP) is 23.8. The van der Waals surface area contributed by atoms with Gasteiger partial charge in [-0.1, -0.05) is 127 Å². The van der Waals surface area contributed by atoms with Crippen molar-refractivity contribution in [2.24, 2.45) is 0 Å². The van der Waals surface area contributed by atoms with Crippen LogP contribution in [0, 0.1) is 53.1 Å². The average molecular weight is 1850 g/mol. The molecule has 35 heteroatoms. The number of carbonyl (C=O) groups is 3. The molecule has 648 valence electrons. The molecule has 0 amide bonds. The van der Waals surface area contributed by atoms with Crippen LogP contribution in [0.1, 0.15) is 140 Å². The van der Waals surface area contributed by atoms with Crippen molar-refractivity contribution >= 4 is 163 Å². The molecule has 3 N–H and O–H groups in total. The van der Waals surface area contributed by atoms with Crippen LogP contribution in [-0.4, -0.2) is 56.1 Å². The van der Waals surface area contributed by atoms with Crippen LogP contribution < -0.4 is 18.1 Å². The molecule has 10 aromatic carbocycles. The van der Waals surface area contributed by atoms with Crippen LogP contribution in [0.4, 0.5) is 55.1 Å². The number of alkyl halides is 6. The lowest BCUT2D eigenvalue weighted by Crippen LogP contribution is -2.32. The second-order valence-electron chi connectivity index (χ2n) is 26.5. The molecule has 0 aliphatic rings. The number of ketones is 3. The summed E-state index contributed by atoms with van der Waals surface area (Å²) in [4.78, 5) is 36.0. The van der Waals surface area contributed by atoms with Gasteiger partial charge >= 0.3 is 12.4 Å². The van der Waals surface area contributed by atoms with Crippen LogP contribution in [0.2, 0.25) is 0 Å². The highest BCUT2D eigenvalue weighted by atomic mass is 32.2. The lowest BCUT2D eigenvalue weighted by Gasteiger charge is -2.28. The van der Waals surface area contributed by atoms with Crippen molar-refractivity contribution < 1.29 is 88.3 Å². The fourth-order valence-corrected chi connectivity index (χ4v) is 22.8. The van der Waals surface area contributed by atoms with E-state index in [-0.39, 0.29) is 112 Å². The first-order chi connectivity index (χ1) is 56.0. The molecule has 4 heterocycles. The summed E-state index contributed by atoms with van der Waals surface area (Å²) in [5, 5.41) is 41.4. The molecule has 19 nitrogen and oxygen atoms in total. The molecule has 0 bridgehead atoms. The number of hydrogen-bond donors (Lipinski definition) is 3. The monoisotopic (exact) mass is 1850 g/mol. The maximum absolute atomic E-state index is 14.0. The summed E-state index contributed by atoms with van der Waals surface area (Å²) in [5.41, 5.74) is -2.77. The minimum atomic E-state index is -4.99. The summed E-state index contributed by atoms with van der Waals surface area (Å²) in [6, 6.07) is 62.3. The zero-order valence-electron chi connectivity index (χ0n) is 63.4. The molecule has 4 aromatic heterocycles. The van der Waals surface area contributed by atoms with Gasteiger partial charge in [0.05, 0.1) is 95.4 Å². The summed E-state index contributed by atoms with van der Waals surface area (Å²) in [6.07, 6.45) is -9.97. The molecular formula is C89H80F8N7O12S8-. The lowest BCUT2D eigenvalue weighted by molar-refractivity contribution is -0.140. The molecule has 0 aliphatic heterocycles. The highest BCUT2D eigenvalue weighted by Gasteiger charge is 2.39. The van der Waals surface area contributed by atoms with Gasteiger partial charge in [0.25, 0.3) is 40.1 Å². The Morgan fingerprint density at radius 2 is 0.774 bits per heavy atom. The number of fused-ring (bicyclic) bond motifs is 4. The van der Waals surface area contributed by atoms with Gasteiger partial charge in [-0.15, -0.1) is 45.3 Å². The van der Waals surface area contributed by atoms with Gasteiger partial charge in [-0.05, 0) is 191 Å². The normalized spacial score (nSPS) is 11.4. The minimum Gasteiger partial charge on any atom is -0.386 e. The second-order valence-corrected chi connectivity index (χ2v) is 37.8. The zero-order valence-corrected chi connectivity index (χ0v) is 69.9. The predicted molar refractivity (Wildman–Crippen MR) is 477 cm³/mol. The molecule has 0 saturated carbocycles. The van der Waals surface area contributed by atoms with Gasteiger partial charge in [0.1, 0.15) is 31.6 Å². The summed E-state index contributed by atoms with van der Waals surface area (Å²) in [7, 11) is -16.3. The van der Waals surface area contributed by atoms with E-state index in [0.717, 1.165) is 63.6 Å².